The number of esters is 2. The summed E-state index contributed by atoms with van der Waals surface area (Å²) < 4.78 is 8.90. The highest BCUT2D eigenvalue weighted by atomic mass is 16.7. The number of carbonyl (C=O) groups excluding carboxylic acids is 6. The van der Waals surface area contributed by atoms with Gasteiger partial charge < -0.3 is 20.5 Å². The van der Waals surface area contributed by atoms with Gasteiger partial charge in [0.2, 0.25) is 6.79 Å². The number of carbonyl (C=O) groups is 6. The molecule has 0 spiro atoms. The van der Waals surface area contributed by atoms with Crippen molar-refractivity contribution in [3.63, 3.8) is 0 Å². The second kappa shape index (κ2) is 9.54. The maximum absolute atomic E-state index is 12.1. The monoisotopic (exact) mass is 408 g/mol. The first-order chi connectivity index (χ1) is 13.2. The summed E-state index contributed by atoms with van der Waals surface area (Å²) >= 11 is 0. The van der Waals surface area contributed by atoms with E-state index >= 15 is 0 Å². The van der Waals surface area contributed by atoms with Crippen LogP contribution in [0.1, 0.15) is 41.5 Å². The van der Waals surface area contributed by atoms with Crippen molar-refractivity contribution in [2.45, 2.75) is 41.5 Å². The van der Waals surface area contributed by atoms with E-state index in [0.717, 1.165) is 13.8 Å². The first-order valence-electron chi connectivity index (χ1n) is 8.06. The van der Waals surface area contributed by atoms with E-state index in [1.54, 1.807) is 0 Å². The van der Waals surface area contributed by atoms with Crippen LogP contribution < -0.4 is 0 Å². The van der Waals surface area contributed by atoms with Gasteiger partial charge in [-0.3, -0.25) is 19.2 Å². The van der Waals surface area contributed by atoms with Gasteiger partial charge in [0, 0.05) is 0 Å². The van der Waals surface area contributed by atoms with Crippen molar-refractivity contribution >= 4 is 46.5 Å². The van der Waals surface area contributed by atoms with E-state index < -0.39 is 64.1 Å². The molecule has 0 amide bonds. The Bertz CT molecular complexity index is 815. The fraction of sp³-hybridized carbons (Fsp3) is 0.529. The molecule has 0 unspecified atom stereocenters. The number of nitrogens with zero attached hydrogens (tertiary/aromatic N) is 4. The number of ether oxygens (including phenoxy) is 2. The summed E-state index contributed by atoms with van der Waals surface area (Å²) in [6.45, 7) is 5.82. The molecule has 29 heavy (non-hydrogen) atoms. The first-order valence-corrected chi connectivity index (χ1v) is 8.06. The Labute approximate surface area is 165 Å². The molecule has 0 aliphatic rings. The number of hydrogen-bond donors (Lipinski definition) is 0. The maximum Gasteiger partial charge on any atom is 0.442 e. The third-order valence-corrected chi connectivity index (χ3v) is 4.29. The summed E-state index contributed by atoms with van der Waals surface area (Å²) in [5.74, 6) is -6.54. The average Bonchev–Trinajstić information content (AvgIpc) is 2.62. The summed E-state index contributed by atoms with van der Waals surface area (Å²) in [6, 6.07) is 0. The van der Waals surface area contributed by atoms with Crippen LogP contribution in [-0.4, -0.2) is 62.9 Å². The lowest BCUT2D eigenvalue weighted by Gasteiger charge is -2.16. The van der Waals surface area contributed by atoms with Crippen molar-refractivity contribution < 1.29 is 47.8 Å². The van der Waals surface area contributed by atoms with Crippen LogP contribution in [0.4, 0.5) is 0 Å². The highest BCUT2D eigenvalue weighted by molar-refractivity contribution is 6.65. The zero-order chi connectivity index (χ0) is 23.2. The van der Waals surface area contributed by atoms with E-state index in [1.807, 2.05) is 0 Å². The zero-order valence-electron chi connectivity index (χ0n) is 16.8. The largest absolute Gasteiger partial charge is 0.442 e. The van der Waals surface area contributed by atoms with Crippen molar-refractivity contribution in [2.24, 2.45) is 10.8 Å². The Balaban J connectivity index is 5.19. The molecule has 0 aromatic rings. The van der Waals surface area contributed by atoms with Crippen LogP contribution in [0.5, 0.6) is 0 Å². The Morgan fingerprint density at radius 2 is 0.966 bits per heavy atom. The van der Waals surface area contributed by atoms with Gasteiger partial charge in [0.25, 0.3) is 11.6 Å². The highest BCUT2D eigenvalue weighted by Gasteiger charge is 2.46. The SMILES string of the molecule is CC(=O)C(C)(C)C(=O)C(=[N+]=[N-])C(=O)OCOC(=O)C(=[N+]=[N-])C(=O)C(C)(C)C(C)=O. The van der Waals surface area contributed by atoms with Crippen LogP contribution >= 0.6 is 0 Å². The fourth-order valence-electron chi connectivity index (χ4n) is 1.54. The van der Waals surface area contributed by atoms with Crippen molar-refractivity contribution in [1.82, 2.24) is 0 Å². The molecule has 0 N–H and O–H groups in total. The topological polar surface area (TPSA) is 194 Å². The lowest BCUT2D eigenvalue weighted by atomic mass is 9.82. The van der Waals surface area contributed by atoms with Crippen LogP contribution in [0, 0.1) is 10.8 Å². The van der Waals surface area contributed by atoms with Gasteiger partial charge in [-0.05, 0) is 41.5 Å². The Morgan fingerprint density at radius 3 is 1.17 bits per heavy atom. The molecule has 0 aromatic carbocycles. The Kier molecular flexibility index (Phi) is 8.35. The molecule has 0 saturated carbocycles. The van der Waals surface area contributed by atoms with Gasteiger partial charge in [0.05, 0.1) is 10.8 Å². The van der Waals surface area contributed by atoms with Gasteiger partial charge in [0.15, 0.2) is 0 Å². The second-order valence-electron chi connectivity index (χ2n) is 6.90. The van der Waals surface area contributed by atoms with Crippen molar-refractivity contribution in [1.29, 1.82) is 0 Å². The molecular weight excluding hydrogens is 388 g/mol. The smallest absolute Gasteiger partial charge is 0.419 e. The number of ketones is 4. The van der Waals surface area contributed by atoms with Crippen molar-refractivity contribution in [3.8, 4) is 0 Å². The second-order valence-corrected chi connectivity index (χ2v) is 6.90. The van der Waals surface area contributed by atoms with Crippen molar-refractivity contribution in [3.05, 3.63) is 11.1 Å². The molecule has 0 atom stereocenters. The minimum Gasteiger partial charge on any atom is -0.419 e. The Morgan fingerprint density at radius 1 is 0.690 bits per heavy atom. The predicted molar refractivity (Wildman–Crippen MR) is 93.2 cm³/mol. The van der Waals surface area contributed by atoms with Crippen LogP contribution in [-0.2, 0) is 38.2 Å². The van der Waals surface area contributed by atoms with Crippen LogP contribution in [0.3, 0.4) is 0 Å². The lowest BCUT2D eigenvalue weighted by Crippen LogP contribution is -2.42. The highest BCUT2D eigenvalue weighted by Crippen LogP contribution is 2.19. The van der Waals surface area contributed by atoms with Gasteiger partial charge >= 0.3 is 23.4 Å². The van der Waals surface area contributed by atoms with Crippen LogP contribution in [0.2, 0.25) is 0 Å². The standard InChI is InChI=1S/C17H20N4O8/c1-8(22)16(3,4)12(24)10(20-18)14(26)28-7-29-15(27)11(21-19)13(25)17(5,6)9(2)23/h7H2,1-6H3. The van der Waals surface area contributed by atoms with Gasteiger partial charge in [-0.1, -0.05) is 0 Å². The first kappa shape index (κ1) is 25.4. The molecule has 0 bridgehead atoms. The van der Waals surface area contributed by atoms with Crippen LogP contribution in [0.25, 0.3) is 11.1 Å². The van der Waals surface area contributed by atoms with Gasteiger partial charge in [-0.25, -0.2) is 9.59 Å². The van der Waals surface area contributed by atoms with E-state index in [9.17, 15) is 28.8 Å². The minimum atomic E-state index is -1.68. The van der Waals surface area contributed by atoms with Crippen LogP contribution in [0.15, 0.2) is 0 Å². The molecule has 0 fully saturated rings. The summed E-state index contributed by atoms with van der Waals surface area (Å²) in [4.78, 5) is 76.0. The normalized spacial score (nSPS) is 10.7. The molecule has 0 aliphatic heterocycles. The Hall–Kier alpha value is -3.62. The van der Waals surface area contributed by atoms with Crippen molar-refractivity contribution in [2.75, 3.05) is 6.79 Å². The van der Waals surface area contributed by atoms with E-state index in [1.165, 1.54) is 27.7 Å². The summed E-state index contributed by atoms with van der Waals surface area (Å²) in [7, 11) is 0. The third-order valence-electron chi connectivity index (χ3n) is 4.29. The van der Waals surface area contributed by atoms with Gasteiger partial charge in [0.1, 0.15) is 11.6 Å². The summed E-state index contributed by atoms with van der Waals surface area (Å²) in [6.07, 6.45) is 0. The molecule has 156 valence electrons. The summed E-state index contributed by atoms with van der Waals surface area (Å²) in [5, 5.41) is 0. The molecule has 0 aliphatic carbocycles. The van der Waals surface area contributed by atoms with Gasteiger partial charge in [-0.2, -0.15) is 9.58 Å². The van der Waals surface area contributed by atoms with E-state index in [4.69, 9.17) is 11.1 Å². The summed E-state index contributed by atoms with van der Waals surface area (Å²) in [5.41, 5.74) is 12.2. The molecular formula is C17H20N4O8. The molecule has 12 heteroatoms. The molecule has 0 aromatic heterocycles. The zero-order valence-corrected chi connectivity index (χ0v) is 16.8. The molecule has 0 saturated heterocycles. The number of Topliss-reactive ketones (excluding diaryl/α,β-unsaturated/α-hetero) is 4. The fourth-order valence-corrected chi connectivity index (χ4v) is 1.54. The third kappa shape index (κ3) is 5.68. The van der Waals surface area contributed by atoms with Gasteiger partial charge in [-0.15, -0.1) is 0 Å². The number of rotatable bonds is 10. The average molecular weight is 408 g/mol. The van der Waals surface area contributed by atoms with E-state index in [0.29, 0.717) is 0 Å². The predicted octanol–water partition coefficient (Wildman–Crippen LogP) is -0.260. The lowest BCUT2D eigenvalue weighted by molar-refractivity contribution is -0.163. The molecule has 0 heterocycles. The molecule has 0 radical (unpaired) electrons. The minimum absolute atomic E-state index is 0.613. The molecule has 12 nitrogen and oxygen atoms in total. The van der Waals surface area contributed by atoms with E-state index in [-0.39, 0.29) is 0 Å². The van der Waals surface area contributed by atoms with E-state index in [2.05, 4.69) is 19.1 Å². The number of hydrogen-bond acceptors (Lipinski definition) is 8. The quantitative estimate of drug-likeness (QED) is 0.118. The maximum atomic E-state index is 12.1. The molecule has 0 rings (SSSR count).